The van der Waals surface area contributed by atoms with Crippen molar-refractivity contribution in [3.05, 3.63) is 69.2 Å². The molecule has 2 aromatic carbocycles. The van der Waals surface area contributed by atoms with E-state index in [-0.39, 0.29) is 31.4 Å². The third-order valence-electron chi connectivity index (χ3n) is 3.01. The van der Waals surface area contributed by atoms with Crippen LogP contribution in [0.4, 0.5) is 0 Å². The number of carbonyl (C=O) groups is 2. The summed E-state index contributed by atoms with van der Waals surface area (Å²) in [5, 5.41) is 3.28. The first-order chi connectivity index (χ1) is 11.0. The predicted octanol–water partition coefficient (Wildman–Crippen LogP) is 3.97. The molecule has 1 N–H and O–H groups in total. The van der Waals surface area contributed by atoms with Gasteiger partial charge in [-0.1, -0.05) is 39.7 Å². The van der Waals surface area contributed by atoms with Crippen LogP contribution in [-0.4, -0.2) is 18.4 Å². The van der Waals surface area contributed by atoms with E-state index in [1.54, 1.807) is 42.5 Å². The van der Waals surface area contributed by atoms with Crippen molar-refractivity contribution < 1.29 is 14.3 Å². The minimum Gasteiger partial charge on any atom is -0.461 e. The Hall–Kier alpha value is -1.85. The molecule has 6 heteroatoms. The van der Waals surface area contributed by atoms with Crippen LogP contribution in [0.5, 0.6) is 0 Å². The van der Waals surface area contributed by atoms with Crippen molar-refractivity contribution in [3.63, 3.8) is 0 Å². The summed E-state index contributed by atoms with van der Waals surface area (Å²) >= 11 is 9.16. The number of carbonyl (C=O) groups excluding carboxylic acids is 2. The quantitative estimate of drug-likeness (QED) is 0.752. The highest BCUT2D eigenvalue weighted by atomic mass is 79.9. The summed E-state index contributed by atoms with van der Waals surface area (Å²) in [6.07, 6.45) is 0.114. The monoisotopic (exact) mass is 395 g/mol. The third-order valence-corrected chi connectivity index (χ3v) is 3.77. The van der Waals surface area contributed by atoms with Crippen molar-refractivity contribution in [1.29, 1.82) is 0 Å². The molecule has 0 unspecified atom stereocenters. The van der Waals surface area contributed by atoms with Crippen LogP contribution in [0.3, 0.4) is 0 Å². The van der Waals surface area contributed by atoms with Crippen molar-refractivity contribution in [2.45, 2.75) is 13.0 Å². The number of halogens is 2. The number of amides is 1. The van der Waals surface area contributed by atoms with Crippen molar-refractivity contribution in [2.75, 3.05) is 6.54 Å². The van der Waals surface area contributed by atoms with Gasteiger partial charge in [0.05, 0.1) is 6.42 Å². The molecule has 4 nitrogen and oxygen atoms in total. The molecule has 0 aliphatic heterocycles. The van der Waals surface area contributed by atoms with Gasteiger partial charge in [-0.3, -0.25) is 9.59 Å². The van der Waals surface area contributed by atoms with E-state index in [4.69, 9.17) is 16.3 Å². The zero-order valence-corrected chi connectivity index (χ0v) is 14.6. The number of esters is 1. The van der Waals surface area contributed by atoms with Gasteiger partial charge in [-0.05, 0) is 42.0 Å². The molecule has 1 amide bonds. The van der Waals surface area contributed by atoms with Gasteiger partial charge in [0.25, 0.3) is 5.91 Å². The van der Waals surface area contributed by atoms with Crippen molar-refractivity contribution in [3.8, 4) is 0 Å². The molecular weight excluding hydrogens is 382 g/mol. The molecule has 0 heterocycles. The molecule has 0 aromatic heterocycles. The maximum atomic E-state index is 11.9. The Morgan fingerprint density at radius 2 is 1.87 bits per heavy atom. The van der Waals surface area contributed by atoms with Crippen molar-refractivity contribution in [2.24, 2.45) is 0 Å². The average Bonchev–Trinajstić information content (AvgIpc) is 2.53. The van der Waals surface area contributed by atoms with E-state index in [1.165, 1.54) is 0 Å². The SMILES string of the molecule is O=C(CCNC(=O)c1ccc(Br)cc1)OCc1cccc(Cl)c1. The van der Waals surface area contributed by atoms with Gasteiger partial charge < -0.3 is 10.1 Å². The lowest BCUT2D eigenvalue weighted by molar-refractivity contribution is -0.144. The smallest absolute Gasteiger partial charge is 0.307 e. The molecule has 0 radical (unpaired) electrons. The van der Waals surface area contributed by atoms with Crippen molar-refractivity contribution >= 4 is 39.4 Å². The first-order valence-electron chi connectivity index (χ1n) is 6.98. The van der Waals surface area contributed by atoms with Gasteiger partial charge in [0.1, 0.15) is 6.61 Å². The Balaban J connectivity index is 1.70. The fourth-order valence-corrected chi connectivity index (χ4v) is 2.32. The summed E-state index contributed by atoms with van der Waals surface area (Å²) in [6.45, 7) is 0.392. The summed E-state index contributed by atoms with van der Waals surface area (Å²) in [6, 6.07) is 14.1. The molecule has 23 heavy (non-hydrogen) atoms. The highest BCUT2D eigenvalue weighted by Crippen LogP contribution is 2.12. The van der Waals surface area contributed by atoms with Crippen LogP contribution in [0.15, 0.2) is 53.0 Å². The highest BCUT2D eigenvalue weighted by Gasteiger charge is 2.07. The van der Waals surface area contributed by atoms with Crippen LogP contribution in [0.1, 0.15) is 22.3 Å². The van der Waals surface area contributed by atoms with E-state index in [9.17, 15) is 9.59 Å². The summed E-state index contributed by atoms with van der Waals surface area (Å²) in [5.41, 5.74) is 1.37. The van der Waals surface area contributed by atoms with Crippen LogP contribution < -0.4 is 5.32 Å². The van der Waals surface area contributed by atoms with Crippen LogP contribution in [0, 0.1) is 0 Å². The molecule has 0 aliphatic carbocycles. The van der Waals surface area contributed by atoms with E-state index >= 15 is 0 Å². The van der Waals surface area contributed by atoms with E-state index in [2.05, 4.69) is 21.2 Å². The Bertz CT molecular complexity index is 688. The summed E-state index contributed by atoms with van der Waals surface area (Å²) in [7, 11) is 0. The lowest BCUT2D eigenvalue weighted by Gasteiger charge is -2.07. The van der Waals surface area contributed by atoms with Crippen LogP contribution >= 0.6 is 27.5 Å². The first-order valence-corrected chi connectivity index (χ1v) is 8.15. The van der Waals surface area contributed by atoms with Gasteiger partial charge in [0.2, 0.25) is 0 Å². The van der Waals surface area contributed by atoms with Gasteiger partial charge in [-0.25, -0.2) is 0 Å². The van der Waals surface area contributed by atoms with Crippen LogP contribution in [-0.2, 0) is 16.1 Å². The molecule has 2 rings (SSSR count). The fourth-order valence-electron chi connectivity index (χ4n) is 1.84. The largest absolute Gasteiger partial charge is 0.461 e. The topological polar surface area (TPSA) is 55.4 Å². The molecule has 0 spiro atoms. The molecule has 0 saturated heterocycles. The molecule has 0 fully saturated rings. The third kappa shape index (κ3) is 6.04. The van der Waals surface area contributed by atoms with Gasteiger partial charge in [0, 0.05) is 21.6 Å². The molecule has 0 atom stereocenters. The van der Waals surface area contributed by atoms with E-state index < -0.39 is 0 Å². The molecule has 2 aromatic rings. The minimum absolute atomic E-state index is 0.114. The second-order valence-electron chi connectivity index (χ2n) is 4.80. The Kier molecular flexibility index (Phi) is 6.62. The molecule has 120 valence electrons. The van der Waals surface area contributed by atoms with Gasteiger partial charge >= 0.3 is 5.97 Å². The van der Waals surface area contributed by atoms with E-state index in [1.807, 2.05) is 6.07 Å². The predicted molar refractivity (Wildman–Crippen MR) is 92.3 cm³/mol. The second-order valence-corrected chi connectivity index (χ2v) is 6.16. The zero-order chi connectivity index (χ0) is 16.7. The minimum atomic E-state index is -0.374. The van der Waals surface area contributed by atoms with Gasteiger partial charge in [-0.15, -0.1) is 0 Å². The first kappa shape index (κ1) is 17.5. The zero-order valence-electron chi connectivity index (χ0n) is 12.2. The normalized spacial score (nSPS) is 10.2. The van der Waals surface area contributed by atoms with E-state index in [0.29, 0.717) is 10.6 Å². The van der Waals surface area contributed by atoms with Crippen molar-refractivity contribution in [1.82, 2.24) is 5.32 Å². The number of hydrogen-bond acceptors (Lipinski definition) is 3. The molecule has 0 saturated carbocycles. The van der Waals surface area contributed by atoms with E-state index in [0.717, 1.165) is 10.0 Å². The number of nitrogens with one attached hydrogen (secondary N) is 1. The Morgan fingerprint density at radius 1 is 1.13 bits per heavy atom. The average molecular weight is 397 g/mol. The maximum absolute atomic E-state index is 11.9. The molecule has 0 bridgehead atoms. The summed E-state index contributed by atoms with van der Waals surface area (Å²) in [5.74, 6) is -0.596. The van der Waals surface area contributed by atoms with Gasteiger partial charge in [-0.2, -0.15) is 0 Å². The number of hydrogen-bond donors (Lipinski definition) is 1. The Labute approximate surface area is 147 Å². The number of rotatable bonds is 6. The highest BCUT2D eigenvalue weighted by molar-refractivity contribution is 9.10. The molecule has 0 aliphatic rings. The standard InChI is InChI=1S/C17H15BrClNO3/c18-14-6-4-13(5-7-14)17(22)20-9-8-16(21)23-11-12-2-1-3-15(19)10-12/h1-7,10H,8-9,11H2,(H,20,22). The fraction of sp³-hybridized carbons (Fsp3) is 0.176. The summed E-state index contributed by atoms with van der Waals surface area (Å²) < 4.78 is 6.03. The number of ether oxygens (including phenoxy) is 1. The number of benzene rings is 2. The maximum Gasteiger partial charge on any atom is 0.307 e. The van der Waals surface area contributed by atoms with Gasteiger partial charge in [0.15, 0.2) is 0 Å². The second kappa shape index (κ2) is 8.70. The molecular formula is C17H15BrClNO3. The summed E-state index contributed by atoms with van der Waals surface area (Å²) in [4.78, 5) is 23.5. The van der Waals surface area contributed by atoms with Crippen LogP contribution in [0.25, 0.3) is 0 Å². The Morgan fingerprint density at radius 3 is 2.57 bits per heavy atom. The lowest BCUT2D eigenvalue weighted by atomic mass is 10.2. The van der Waals surface area contributed by atoms with Crippen LogP contribution in [0.2, 0.25) is 5.02 Å². The lowest BCUT2D eigenvalue weighted by Crippen LogP contribution is -2.26.